The minimum atomic E-state index is -3.42. The van der Waals surface area contributed by atoms with E-state index in [4.69, 9.17) is 0 Å². The van der Waals surface area contributed by atoms with Crippen LogP contribution in [0.1, 0.15) is 13.3 Å². The summed E-state index contributed by atoms with van der Waals surface area (Å²) < 4.78 is 26.2. The van der Waals surface area contributed by atoms with E-state index in [1.165, 1.54) is 4.31 Å². The first-order chi connectivity index (χ1) is 9.80. The van der Waals surface area contributed by atoms with Gasteiger partial charge in [-0.1, -0.05) is 19.1 Å². The van der Waals surface area contributed by atoms with Crippen molar-refractivity contribution in [1.82, 2.24) is 9.62 Å². The summed E-state index contributed by atoms with van der Waals surface area (Å²) in [5.74, 6) is 0. The molecule has 1 unspecified atom stereocenters. The predicted molar refractivity (Wildman–Crippen MR) is 86.2 cm³/mol. The van der Waals surface area contributed by atoms with Gasteiger partial charge in [-0.3, -0.25) is 0 Å². The molecule has 1 aliphatic heterocycles. The molecule has 0 spiro atoms. The van der Waals surface area contributed by atoms with Gasteiger partial charge in [0.1, 0.15) is 4.90 Å². The second kappa shape index (κ2) is 5.94. The van der Waals surface area contributed by atoms with Crippen molar-refractivity contribution in [2.24, 2.45) is 5.41 Å². The molecule has 6 heteroatoms. The molecule has 0 radical (unpaired) electrons. The monoisotopic (exact) mass is 311 g/mol. The van der Waals surface area contributed by atoms with E-state index in [1.54, 1.807) is 26.2 Å². The maximum atomic E-state index is 12.5. The van der Waals surface area contributed by atoms with Crippen LogP contribution < -0.4 is 10.2 Å². The van der Waals surface area contributed by atoms with Gasteiger partial charge in [0.15, 0.2) is 0 Å². The molecule has 0 bridgehead atoms. The maximum absolute atomic E-state index is 12.5. The average Bonchev–Trinajstić information content (AvgIpc) is 2.81. The lowest BCUT2D eigenvalue weighted by molar-refractivity contribution is 0.356. The van der Waals surface area contributed by atoms with Crippen molar-refractivity contribution in [3.05, 3.63) is 24.3 Å². The van der Waals surface area contributed by atoms with Crippen molar-refractivity contribution < 1.29 is 8.42 Å². The zero-order valence-electron chi connectivity index (χ0n) is 13.3. The van der Waals surface area contributed by atoms with Crippen molar-refractivity contribution in [2.75, 3.05) is 45.7 Å². The highest BCUT2D eigenvalue weighted by Crippen LogP contribution is 2.36. The zero-order valence-corrected chi connectivity index (χ0v) is 14.1. The number of anilines is 1. The smallest absolute Gasteiger partial charge is 0.244 e. The number of benzene rings is 1. The summed E-state index contributed by atoms with van der Waals surface area (Å²) in [4.78, 5) is 2.58. The third kappa shape index (κ3) is 3.22. The van der Waals surface area contributed by atoms with Crippen LogP contribution in [0.2, 0.25) is 0 Å². The quantitative estimate of drug-likeness (QED) is 0.892. The number of nitrogens with zero attached hydrogens (tertiary/aromatic N) is 2. The minimum absolute atomic E-state index is 0.184. The van der Waals surface area contributed by atoms with Gasteiger partial charge in [0, 0.05) is 33.7 Å². The Morgan fingerprint density at radius 1 is 1.33 bits per heavy atom. The van der Waals surface area contributed by atoms with Crippen LogP contribution in [0.5, 0.6) is 0 Å². The number of rotatable bonds is 5. The molecule has 1 fully saturated rings. The number of hydrogen-bond acceptors (Lipinski definition) is 4. The van der Waals surface area contributed by atoms with Crippen LogP contribution >= 0.6 is 0 Å². The maximum Gasteiger partial charge on any atom is 0.244 e. The van der Waals surface area contributed by atoms with Gasteiger partial charge in [-0.15, -0.1) is 0 Å². The highest BCUT2D eigenvalue weighted by molar-refractivity contribution is 7.89. The van der Waals surface area contributed by atoms with Gasteiger partial charge in [0.25, 0.3) is 0 Å². The number of sulfonamides is 1. The van der Waals surface area contributed by atoms with Crippen molar-refractivity contribution in [3.8, 4) is 0 Å². The van der Waals surface area contributed by atoms with Crippen LogP contribution in [-0.4, -0.2) is 53.5 Å². The molecule has 5 nitrogen and oxygen atoms in total. The SMILES string of the molecule is CNCC1(C)CCN(c2ccccc2S(=O)(=O)N(C)C)C1. The fourth-order valence-electron chi connectivity index (χ4n) is 2.93. The van der Waals surface area contributed by atoms with E-state index in [2.05, 4.69) is 17.1 Å². The van der Waals surface area contributed by atoms with E-state index in [-0.39, 0.29) is 5.41 Å². The van der Waals surface area contributed by atoms with Crippen LogP contribution in [0.15, 0.2) is 29.2 Å². The minimum Gasteiger partial charge on any atom is -0.370 e. The third-order valence-electron chi connectivity index (χ3n) is 4.13. The van der Waals surface area contributed by atoms with E-state index in [9.17, 15) is 8.42 Å². The fourth-order valence-corrected chi connectivity index (χ4v) is 4.04. The second-order valence-corrected chi connectivity index (χ2v) is 8.39. The first-order valence-electron chi connectivity index (χ1n) is 7.21. The number of para-hydroxylation sites is 1. The molecule has 0 aliphatic carbocycles. The fraction of sp³-hybridized carbons (Fsp3) is 0.600. The molecular formula is C15H25N3O2S. The van der Waals surface area contributed by atoms with E-state index in [0.29, 0.717) is 4.90 Å². The average molecular weight is 311 g/mol. The Labute approximate surface area is 128 Å². The molecular weight excluding hydrogens is 286 g/mol. The Morgan fingerprint density at radius 2 is 2.00 bits per heavy atom. The predicted octanol–water partition coefficient (Wildman–Crippen LogP) is 1.37. The summed E-state index contributed by atoms with van der Waals surface area (Å²) in [5.41, 5.74) is 0.995. The Kier molecular flexibility index (Phi) is 4.60. The van der Waals surface area contributed by atoms with Crippen molar-refractivity contribution in [2.45, 2.75) is 18.2 Å². The Balaban J connectivity index is 2.35. The molecule has 1 aromatic rings. The summed E-state index contributed by atoms with van der Waals surface area (Å²) in [6.07, 6.45) is 1.06. The topological polar surface area (TPSA) is 52.7 Å². The lowest BCUT2D eigenvalue weighted by Gasteiger charge is -2.27. The highest BCUT2D eigenvalue weighted by Gasteiger charge is 2.35. The number of hydrogen-bond donors (Lipinski definition) is 1. The molecule has 1 N–H and O–H groups in total. The van der Waals surface area contributed by atoms with Crippen LogP contribution in [0.25, 0.3) is 0 Å². The van der Waals surface area contributed by atoms with E-state index in [0.717, 1.165) is 31.7 Å². The zero-order chi connectivity index (χ0) is 15.7. The first kappa shape index (κ1) is 16.3. The summed E-state index contributed by atoms with van der Waals surface area (Å²) >= 11 is 0. The summed E-state index contributed by atoms with van der Waals surface area (Å²) in [6, 6.07) is 7.28. The second-order valence-electron chi connectivity index (χ2n) is 6.27. The molecule has 1 aromatic carbocycles. The molecule has 2 rings (SSSR count). The summed E-state index contributed by atoms with van der Waals surface area (Å²) in [6.45, 7) is 4.94. The normalized spacial score (nSPS) is 23.0. The van der Waals surface area contributed by atoms with Gasteiger partial charge in [0.2, 0.25) is 10.0 Å². The lowest BCUT2D eigenvalue weighted by Crippen LogP contribution is -2.33. The molecule has 1 saturated heterocycles. The molecule has 1 heterocycles. The summed E-state index contributed by atoms with van der Waals surface area (Å²) in [7, 11) is 1.68. The largest absolute Gasteiger partial charge is 0.370 e. The van der Waals surface area contributed by atoms with Crippen molar-refractivity contribution in [3.63, 3.8) is 0 Å². The van der Waals surface area contributed by atoms with E-state index in [1.807, 2.05) is 19.2 Å². The van der Waals surface area contributed by atoms with Gasteiger partial charge in [-0.2, -0.15) is 0 Å². The first-order valence-corrected chi connectivity index (χ1v) is 8.65. The Morgan fingerprint density at radius 3 is 2.62 bits per heavy atom. The summed E-state index contributed by atoms with van der Waals surface area (Å²) in [5, 5.41) is 3.23. The third-order valence-corrected chi connectivity index (χ3v) is 5.99. The molecule has 1 aliphatic rings. The van der Waals surface area contributed by atoms with Crippen LogP contribution in [0.3, 0.4) is 0 Å². The van der Waals surface area contributed by atoms with E-state index >= 15 is 0 Å². The molecule has 0 amide bonds. The standard InChI is InChI=1S/C15H25N3O2S/c1-15(11-16-2)9-10-18(12-15)13-7-5-6-8-14(13)21(19,20)17(3)4/h5-8,16H,9-12H2,1-4H3. The van der Waals surface area contributed by atoms with Gasteiger partial charge in [0.05, 0.1) is 5.69 Å². The van der Waals surface area contributed by atoms with Crippen molar-refractivity contribution in [1.29, 1.82) is 0 Å². The molecule has 21 heavy (non-hydrogen) atoms. The van der Waals surface area contributed by atoms with Gasteiger partial charge in [-0.05, 0) is 31.0 Å². The number of nitrogens with one attached hydrogen (secondary N) is 1. The van der Waals surface area contributed by atoms with Gasteiger partial charge < -0.3 is 10.2 Å². The van der Waals surface area contributed by atoms with Gasteiger partial charge in [-0.25, -0.2) is 12.7 Å². The van der Waals surface area contributed by atoms with Crippen molar-refractivity contribution >= 4 is 15.7 Å². The van der Waals surface area contributed by atoms with Crippen LogP contribution in [0.4, 0.5) is 5.69 Å². The molecule has 118 valence electrons. The molecule has 1 atom stereocenters. The molecule has 0 aromatic heterocycles. The van der Waals surface area contributed by atoms with Crippen LogP contribution in [0, 0.1) is 5.41 Å². The van der Waals surface area contributed by atoms with E-state index < -0.39 is 10.0 Å². The Hall–Kier alpha value is -1.11. The lowest BCUT2D eigenvalue weighted by atomic mass is 9.90. The van der Waals surface area contributed by atoms with Crippen LogP contribution in [-0.2, 0) is 10.0 Å². The molecule has 0 saturated carbocycles. The van der Waals surface area contributed by atoms with Gasteiger partial charge >= 0.3 is 0 Å². The Bertz CT molecular complexity index is 601. The highest BCUT2D eigenvalue weighted by atomic mass is 32.2.